The van der Waals surface area contributed by atoms with Crippen LogP contribution >= 0.6 is 12.4 Å². The molecule has 0 heterocycles. The summed E-state index contributed by atoms with van der Waals surface area (Å²) in [6.07, 6.45) is -0.0225. The largest absolute Gasteiger partial charge is 0.488 e. The topological polar surface area (TPSA) is 35.2 Å². The first kappa shape index (κ1) is 14.2. The number of hydrogen-bond donors (Lipinski definition) is 1. The zero-order valence-electron chi connectivity index (χ0n) is 9.16. The fraction of sp³-hybridized carbons (Fsp3) is 0.455. The Labute approximate surface area is 96.0 Å². The summed E-state index contributed by atoms with van der Waals surface area (Å²) in [5.41, 5.74) is 6.40. The summed E-state index contributed by atoms with van der Waals surface area (Å²) in [7, 11) is 0. The first-order valence-corrected chi connectivity index (χ1v) is 4.72. The highest BCUT2D eigenvalue weighted by atomic mass is 35.5. The molecule has 2 N–H and O–H groups in total. The molecule has 0 fully saturated rings. The van der Waals surface area contributed by atoms with Crippen LogP contribution in [0, 0.1) is 5.82 Å². The van der Waals surface area contributed by atoms with Crippen LogP contribution in [-0.4, -0.2) is 6.10 Å². The maximum absolute atomic E-state index is 13.4. The Hall–Kier alpha value is -0.800. The number of benzene rings is 1. The minimum atomic E-state index is -0.353. The first-order valence-electron chi connectivity index (χ1n) is 4.72. The van der Waals surface area contributed by atoms with E-state index in [4.69, 9.17) is 10.5 Å². The second kappa shape index (κ2) is 5.93. The maximum atomic E-state index is 13.4. The van der Waals surface area contributed by atoms with Crippen LogP contribution in [0.15, 0.2) is 18.2 Å². The molecule has 0 aliphatic rings. The van der Waals surface area contributed by atoms with Crippen molar-refractivity contribution in [3.8, 4) is 5.75 Å². The van der Waals surface area contributed by atoms with Crippen LogP contribution in [0.2, 0.25) is 0 Å². The van der Waals surface area contributed by atoms with Crippen molar-refractivity contribution in [2.24, 2.45) is 5.73 Å². The number of halogens is 2. The van der Waals surface area contributed by atoms with E-state index in [0.29, 0.717) is 0 Å². The van der Waals surface area contributed by atoms with Crippen LogP contribution in [0.1, 0.15) is 32.4 Å². The molecule has 0 radical (unpaired) electrons. The average molecular weight is 234 g/mol. The van der Waals surface area contributed by atoms with Gasteiger partial charge in [-0.25, -0.2) is 4.39 Å². The minimum Gasteiger partial charge on any atom is -0.488 e. The van der Waals surface area contributed by atoms with Crippen LogP contribution in [0.3, 0.4) is 0 Å². The monoisotopic (exact) mass is 233 g/mol. The standard InChI is InChI=1S/C11H16FNO.ClH/c1-7(2)14-11-5-4-9(8(3)13)6-10(11)12;/h4-8H,13H2,1-3H3;1H/t8-;/m1./s1. The molecule has 4 heteroatoms. The van der Waals surface area contributed by atoms with Crippen molar-refractivity contribution in [1.82, 2.24) is 0 Å². The summed E-state index contributed by atoms with van der Waals surface area (Å²) in [5, 5.41) is 0. The van der Waals surface area contributed by atoms with Gasteiger partial charge in [0, 0.05) is 6.04 Å². The molecule has 0 unspecified atom stereocenters. The van der Waals surface area contributed by atoms with Crippen LogP contribution in [-0.2, 0) is 0 Å². The molecule has 0 aliphatic carbocycles. The van der Waals surface area contributed by atoms with E-state index in [1.165, 1.54) is 6.07 Å². The average Bonchev–Trinajstić information content (AvgIpc) is 2.07. The molecule has 1 rings (SSSR count). The lowest BCUT2D eigenvalue weighted by Gasteiger charge is -2.12. The van der Waals surface area contributed by atoms with Crippen molar-refractivity contribution in [3.05, 3.63) is 29.6 Å². The lowest BCUT2D eigenvalue weighted by atomic mass is 10.1. The summed E-state index contributed by atoms with van der Waals surface area (Å²) < 4.78 is 18.7. The van der Waals surface area contributed by atoms with Gasteiger partial charge in [0.15, 0.2) is 11.6 Å². The molecule has 15 heavy (non-hydrogen) atoms. The van der Waals surface area contributed by atoms with Gasteiger partial charge in [-0.2, -0.15) is 0 Å². The van der Waals surface area contributed by atoms with Gasteiger partial charge in [-0.3, -0.25) is 0 Å². The third kappa shape index (κ3) is 4.06. The van der Waals surface area contributed by atoms with Crippen molar-refractivity contribution < 1.29 is 9.13 Å². The van der Waals surface area contributed by atoms with Gasteiger partial charge in [-0.1, -0.05) is 6.07 Å². The number of rotatable bonds is 3. The summed E-state index contributed by atoms with van der Waals surface area (Å²) in [6, 6.07) is 4.67. The predicted molar refractivity (Wildman–Crippen MR) is 62.0 cm³/mol. The highest BCUT2D eigenvalue weighted by Gasteiger charge is 2.08. The van der Waals surface area contributed by atoms with E-state index in [1.54, 1.807) is 12.1 Å². The normalized spacial score (nSPS) is 12.1. The van der Waals surface area contributed by atoms with Crippen LogP contribution in [0.5, 0.6) is 5.75 Å². The molecule has 0 aromatic heterocycles. The molecule has 0 bridgehead atoms. The summed E-state index contributed by atoms with van der Waals surface area (Å²) in [5.74, 6) is -0.0714. The quantitative estimate of drug-likeness (QED) is 0.871. The maximum Gasteiger partial charge on any atom is 0.165 e. The van der Waals surface area contributed by atoms with Crippen molar-refractivity contribution in [1.29, 1.82) is 0 Å². The molecule has 0 spiro atoms. The van der Waals surface area contributed by atoms with Gasteiger partial charge in [0.05, 0.1) is 6.10 Å². The molecular formula is C11H17ClFNO. The van der Waals surface area contributed by atoms with Crippen molar-refractivity contribution >= 4 is 12.4 Å². The van der Waals surface area contributed by atoms with Crippen LogP contribution in [0.25, 0.3) is 0 Å². The Kier molecular flexibility index (Phi) is 5.61. The number of nitrogens with two attached hydrogens (primary N) is 1. The Morgan fingerprint density at radius 2 is 1.87 bits per heavy atom. The first-order chi connectivity index (χ1) is 6.50. The molecule has 0 aliphatic heterocycles. The fourth-order valence-corrected chi connectivity index (χ4v) is 1.15. The van der Waals surface area contributed by atoms with E-state index in [1.807, 2.05) is 20.8 Å². The van der Waals surface area contributed by atoms with E-state index >= 15 is 0 Å². The lowest BCUT2D eigenvalue weighted by molar-refractivity contribution is 0.231. The van der Waals surface area contributed by atoms with Gasteiger partial charge >= 0.3 is 0 Å². The van der Waals surface area contributed by atoms with Gasteiger partial charge in [0.25, 0.3) is 0 Å². The molecule has 2 nitrogen and oxygen atoms in total. The molecule has 1 aromatic carbocycles. The van der Waals surface area contributed by atoms with Crippen molar-refractivity contribution in [3.63, 3.8) is 0 Å². The third-order valence-electron chi connectivity index (χ3n) is 1.84. The Bertz CT molecular complexity index is 315. The van der Waals surface area contributed by atoms with E-state index < -0.39 is 0 Å². The molecule has 1 aromatic rings. The minimum absolute atomic E-state index is 0. The van der Waals surface area contributed by atoms with Gasteiger partial charge in [0.2, 0.25) is 0 Å². The van der Waals surface area contributed by atoms with Crippen LogP contribution < -0.4 is 10.5 Å². The summed E-state index contributed by atoms with van der Waals surface area (Å²) in [4.78, 5) is 0. The SMILES string of the molecule is CC(C)Oc1ccc([C@@H](C)N)cc1F.Cl. The molecule has 86 valence electrons. The zero-order chi connectivity index (χ0) is 10.7. The van der Waals surface area contributed by atoms with Gasteiger partial charge in [-0.05, 0) is 38.5 Å². The molecule has 0 amide bonds. The van der Waals surface area contributed by atoms with E-state index in [-0.39, 0.29) is 36.1 Å². The number of hydrogen-bond acceptors (Lipinski definition) is 2. The Morgan fingerprint density at radius 3 is 2.27 bits per heavy atom. The second-order valence-corrected chi connectivity index (χ2v) is 3.65. The summed E-state index contributed by atoms with van der Waals surface area (Å²) in [6.45, 7) is 5.54. The predicted octanol–water partition coefficient (Wildman–Crippen LogP) is 3.05. The van der Waals surface area contributed by atoms with E-state index in [9.17, 15) is 4.39 Å². The fourth-order valence-electron chi connectivity index (χ4n) is 1.15. The number of ether oxygens (including phenoxy) is 1. The lowest BCUT2D eigenvalue weighted by Crippen LogP contribution is -2.09. The van der Waals surface area contributed by atoms with E-state index in [2.05, 4.69) is 0 Å². The Morgan fingerprint density at radius 1 is 1.27 bits per heavy atom. The molecular weight excluding hydrogens is 217 g/mol. The van der Waals surface area contributed by atoms with Gasteiger partial charge in [-0.15, -0.1) is 12.4 Å². The third-order valence-corrected chi connectivity index (χ3v) is 1.84. The van der Waals surface area contributed by atoms with Crippen molar-refractivity contribution in [2.75, 3.05) is 0 Å². The molecule has 0 saturated heterocycles. The second-order valence-electron chi connectivity index (χ2n) is 3.65. The Balaban J connectivity index is 0.00000196. The van der Waals surface area contributed by atoms with Gasteiger partial charge in [0.1, 0.15) is 0 Å². The highest BCUT2D eigenvalue weighted by molar-refractivity contribution is 5.85. The van der Waals surface area contributed by atoms with Crippen LogP contribution in [0.4, 0.5) is 4.39 Å². The summed E-state index contributed by atoms with van der Waals surface area (Å²) >= 11 is 0. The van der Waals surface area contributed by atoms with Gasteiger partial charge < -0.3 is 10.5 Å². The molecule has 1 atom stereocenters. The highest BCUT2D eigenvalue weighted by Crippen LogP contribution is 2.21. The molecule has 0 saturated carbocycles. The zero-order valence-corrected chi connectivity index (χ0v) is 9.98. The van der Waals surface area contributed by atoms with Crippen molar-refractivity contribution in [2.45, 2.75) is 32.9 Å². The smallest absolute Gasteiger partial charge is 0.165 e. The van der Waals surface area contributed by atoms with E-state index in [0.717, 1.165) is 5.56 Å².